The van der Waals surface area contributed by atoms with E-state index in [9.17, 15) is 14.0 Å². The van der Waals surface area contributed by atoms with Gasteiger partial charge in [-0.1, -0.05) is 33.6 Å². The van der Waals surface area contributed by atoms with Crippen molar-refractivity contribution in [1.82, 2.24) is 15.1 Å². The minimum atomic E-state index is -0.736. The second-order valence-electron chi connectivity index (χ2n) is 8.95. The Morgan fingerprint density at radius 2 is 2.00 bits per heavy atom. The number of carboxylic acids is 1. The van der Waals surface area contributed by atoms with E-state index in [0.29, 0.717) is 44.4 Å². The number of nitrogens with zero attached hydrogens (tertiary/aromatic N) is 2. The Labute approximate surface area is 196 Å². The summed E-state index contributed by atoms with van der Waals surface area (Å²) in [4.78, 5) is 24.2. The molecule has 2 aromatic carbocycles. The second kappa shape index (κ2) is 7.85. The first-order valence-corrected chi connectivity index (χ1v) is 11.5. The van der Waals surface area contributed by atoms with Gasteiger partial charge in [0.05, 0.1) is 29.7 Å². The molecule has 5 rings (SSSR count). The lowest BCUT2D eigenvalue weighted by molar-refractivity contribution is -0.155. The average Bonchev–Trinajstić information content (AvgIpc) is 3.06. The van der Waals surface area contributed by atoms with Gasteiger partial charge in [-0.15, -0.1) is 0 Å². The Kier molecular flexibility index (Phi) is 5.25. The highest BCUT2D eigenvalue weighted by atomic mass is 79.9. The molecule has 1 heterocycles. The minimum Gasteiger partial charge on any atom is -0.481 e. The maximum atomic E-state index is 14.4. The number of halogens is 3. The van der Waals surface area contributed by atoms with Crippen LogP contribution in [-0.4, -0.2) is 32.8 Å². The summed E-state index contributed by atoms with van der Waals surface area (Å²) < 4.78 is 16.6. The third-order valence-electron chi connectivity index (χ3n) is 6.68. The van der Waals surface area contributed by atoms with Gasteiger partial charge in [0.15, 0.2) is 0 Å². The highest BCUT2D eigenvalue weighted by Gasteiger charge is 2.55. The molecule has 2 N–H and O–H groups in total. The van der Waals surface area contributed by atoms with Crippen molar-refractivity contribution in [3.05, 3.63) is 63.0 Å². The van der Waals surface area contributed by atoms with Crippen LogP contribution in [0.3, 0.4) is 0 Å². The summed E-state index contributed by atoms with van der Waals surface area (Å²) in [7, 11) is 0. The van der Waals surface area contributed by atoms with E-state index in [4.69, 9.17) is 16.7 Å². The van der Waals surface area contributed by atoms with Crippen LogP contribution >= 0.6 is 27.5 Å². The molecular weight excluding hydrogens is 501 g/mol. The predicted octanol–water partition coefficient (Wildman–Crippen LogP) is 5.01. The zero-order valence-electron chi connectivity index (χ0n) is 16.9. The SMILES string of the molecule is O=C(NC1CC2(C1)CC(C(=O)O)C2)c1cc(Cl)cc2cnn(Cc3ccc(Br)cc3F)c12. The first-order chi connectivity index (χ1) is 15.2. The Balaban J connectivity index is 1.36. The molecule has 2 fully saturated rings. The summed E-state index contributed by atoms with van der Waals surface area (Å²) in [5.41, 5.74) is 1.50. The summed E-state index contributed by atoms with van der Waals surface area (Å²) in [6, 6.07) is 8.18. The first-order valence-electron chi connectivity index (χ1n) is 10.4. The van der Waals surface area contributed by atoms with Gasteiger partial charge in [0.2, 0.25) is 0 Å². The van der Waals surface area contributed by atoms with Crippen LogP contribution in [0.2, 0.25) is 5.02 Å². The number of nitrogens with one attached hydrogen (secondary N) is 1. The molecule has 1 spiro atoms. The first kappa shape index (κ1) is 21.4. The molecule has 3 aromatic rings. The lowest BCUT2D eigenvalue weighted by atomic mass is 9.50. The van der Waals surface area contributed by atoms with E-state index in [2.05, 4.69) is 26.3 Å². The Morgan fingerprint density at radius 3 is 2.69 bits per heavy atom. The second-order valence-corrected chi connectivity index (χ2v) is 10.3. The number of fused-ring (bicyclic) bond motifs is 1. The van der Waals surface area contributed by atoms with Gasteiger partial charge in [-0.25, -0.2) is 4.39 Å². The molecule has 2 aliphatic rings. The van der Waals surface area contributed by atoms with Crippen molar-refractivity contribution in [3.63, 3.8) is 0 Å². The van der Waals surface area contributed by atoms with Gasteiger partial charge in [-0.05, 0) is 55.4 Å². The number of rotatable bonds is 5. The summed E-state index contributed by atoms with van der Waals surface area (Å²) in [5, 5.41) is 17.6. The lowest BCUT2D eigenvalue weighted by Crippen LogP contribution is -2.57. The molecule has 1 amide bonds. The lowest BCUT2D eigenvalue weighted by Gasteiger charge is -2.56. The van der Waals surface area contributed by atoms with Crippen LogP contribution in [-0.2, 0) is 11.3 Å². The Hall–Kier alpha value is -2.45. The molecular formula is C23H20BrClFN3O3. The van der Waals surface area contributed by atoms with Crippen molar-refractivity contribution in [3.8, 4) is 0 Å². The van der Waals surface area contributed by atoms with E-state index < -0.39 is 5.97 Å². The number of carbonyl (C=O) groups is 2. The molecule has 166 valence electrons. The smallest absolute Gasteiger partial charge is 0.306 e. The molecule has 0 atom stereocenters. The van der Waals surface area contributed by atoms with Gasteiger partial charge in [0, 0.05) is 26.5 Å². The van der Waals surface area contributed by atoms with E-state index in [1.807, 2.05) is 0 Å². The van der Waals surface area contributed by atoms with Crippen molar-refractivity contribution >= 4 is 50.3 Å². The Bertz CT molecular complexity index is 1250. The minimum absolute atomic E-state index is 0.00608. The molecule has 9 heteroatoms. The van der Waals surface area contributed by atoms with Crippen LogP contribution in [0.25, 0.3) is 10.9 Å². The third-order valence-corrected chi connectivity index (χ3v) is 7.39. The number of amides is 1. The van der Waals surface area contributed by atoms with Gasteiger partial charge in [0.25, 0.3) is 5.91 Å². The van der Waals surface area contributed by atoms with Crippen LogP contribution in [0.1, 0.15) is 41.6 Å². The highest BCUT2D eigenvalue weighted by molar-refractivity contribution is 9.10. The molecule has 0 bridgehead atoms. The van der Waals surface area contributed by atoms with Crippen molar-refractivity contribution in [2.75, 3.05) is 0 Å². The normalized spacial score (nSPS) is 24.2. The van der Waals surface area contributed by atoms with Crippen molar-refractivity contribution in [2.45, 2.75) is 38.3 Å². The van der Waals surface area contributed by atoms with Crippen LogP contribution in [0.4, 0.5) is 4.39 Å². The van der Waals surface area contributed by atoms with Gasteiger partial charge in [-0.2, -0.15) is 5.10 Å². The van der Waals surface area contributed by atoms with E-state index in [0.717, 1.165) is 12.8 Å². The molecule has 0 aliphatic heterocycles. The molecule has 1 aromatic heterocycles. The zero-order valence-corrected chi connectivity index (χ0v) is 19.3. The number of benzene rings is 2. The number of carbonyl (C=O) groups excluding carboxylic acids is 1. The van der Waals surface area contributed by atoms with Gasteiger partial charge >= 0.3 is 5.97 Å². The largest absolute Gasteiger partial charge is 0.481 e. The molecule has 32 heavy (non-hydrogen) atoms. The molecule has 2 aliphatic carbocycles. The van der Waals surface area contributed by atoms with Crippen LogP contribution in [0.5, 0.6) is 0 Å². The quantitative estimate of drug-likeness (QED) is 0.495. The number of hydrogen-bond donors (Lipinski definition) is 2. The van der Waals surface area contributed by atoms with Gasteiger partial charge < -0.3 is 10.4 Å². The summed E-state index contributed by atoms with van der Waals surface area (Å²) in [6.07, 6.45) is 4.56. The standard InChI is InChI=1S/C23H20BrClFN3O3/c24-15-2-1-12(19(26)4-15)11-29-20-13(10-27-29)3-16(25)5-18(20)21(30)28-17-8-23(9-17)6-14(7-23)22(31)32/h1-5,10,14,17H,6-9,11H2,(H,28,30)(H,31,32). The average molecular weight is 521 g/mol. The number of carboxylic acid groups (broad SMARTS) is 1. The molecule has 0 unspecified atom stereocenters. The van der Waals surface area contributed by atoms with Crippen molar-refractivity contribution in [2.24, 2.45) is 11.3 Å². The molecule has 0 radical (unpaired) electrons. The highest BCUT2D eigenvalue weighted by Crippen LogP contribution is 2.58. The monoisotopic (exact) mass is 519 g/mol. The fourth-order valence-corrected chi connectivity index (χ4v) is 5.70. The van der Waals surface area contributed by atoms with Gasteiger partial charge in [-0.3, -0.25) is 14.3 Å². The van der Waals surface area contributed by atoms with E-state index in [1.165, 1.54) is 6.07 Å². The summed E-state index contributed by atoms with van der Waals surface area (Å²) in [5.74, 6) is -1.61. The maximum Gasteiger partial charge on any atom is 0.306 e. The topological polar surface area (TPSA) is 84.2 Å². The van der Waals surface area contributed by atoms with Gasteiger partial charge in [0.1, 0.15) is 5.82 Å². The van der Waals surface area contributed by atoms with Crippen LogP contribution in [0.15, 0.2) is 41.0 Å². The number of hydrogen-bond acceptors (Lipinski definition) is 3. The molecule has 6 nitrogen and oxygen atoms in total. The fraction of sp³-hybridized carbons (Fsp3) is 0.348. The fourth-order valence-electron chi connectivity index (χ4n) is 5.15. The number of aliphatic carboxylic acids is 1. The van der Waals surface area contributed by atoms with Crippen molar-refractivity contribution in [1.29, 1.82) is 0 Å². The van der Waals surface area contributed by atoms with E-state index in [-0.39, 0.29) is 35.6 Å². The Morgan fingerprint density at radius 1 is 1.25 bits per heavy atom. The maximum absolute atomic E-state index is 14.4. The predicted molar refractivity (Wildman–Crippen MR) is 121 cm³/mol. The van der Waals surface area contributed by atoms with E-state index in [1.54, 1.807) is 35.1 Å². The third kappa shape index (κ3) is 3.79. The molecule has 2 saturated carbocycles. The van der Waals surface area contributed by atoms with Crippen molar-refractivity contribution < 1.29 is 19.1 Å². The summed E-state index contributed by atoms with van der Waals surface area (Å²) >= 11 is 9.51. The van der Waals surface area contributed by atoms with E-state index >= 15 is 0 Å². The summed E-state index contributed by atoms with van der Waals surface area (Å²) in [6.45, 7) is 0.174. The zero-order chi connectivity index (χ0) is 22.6. The van der Waals surface area contributed by atoms with Crippen LogP contribution in [0, 0.1) is 17.2 Å². The van der Waals surface area contributed by atoms with Crippen LogP contribution < -0.4 is 5.32 Å². The molecule has 0 saturated heterocycles. The number of aromatic nitrogens is 2.